The Bertz CT molecular complexity index is 654. The van der Waals surface area contributed by atoms with E-state index in [1.54, 1.807) is 10.6 Å². The molecule has 1 saturated heterocycles. The van der Waals surface area contributed by atoms with Gasteiger partial charge in [0, 0.05) is 19.0 Å². The van der Waals surface area contributed by atoms with Gasteiger partial charge >= 0.3 is 0 Å². The molecule has 1 amide bonds. The lowest BCUT2D eigenvalue weighted by atomic mass is 10.2. The van der Waals surface area contributed by atoms with Crippen LogP contribution in [0.1, 0.15) is 12.5 Å². The molecule has 0 radical (unpaired) electrons. The number of nitrogens with one attached hydrogen (secondary N) is 1. The first-order valence-electron chi connectivity index (χ1n) is 5.45. The zero-order valence-electron chi connectivity index (χ0n) is 9.28. The molecule has 2 aromatic rings. The zero-order chi connectivity index (χ0) is 12.9. The van der Waals surface area contributed by atoms with E-state index in [-0.39, 0.29) is 17.8 Å². The molecule has 3 N–H and O–H groups in total. The predicted molar refractivity (Wildman–Crippen MR) is 68.5 cm³/mol. The first-order valence-corrected chi connectivity index (χ1v) is 6.24. The van der Waals surface area contributed by atoms with Crippen LogP contribution >= 0.6 is 15.9 Å². The third-order valence-corrected chi connectivity index (χ3v) is 3.69. The lowest BCUT2D eigenvalue weighted by Crippen LogP contribution is -2.16. The van der Waals surface area contributed by atoms with Crippen molar-refractivity contribution >= 4 is 38.8 Å². The SMILES string of the molecule is Nc1nc2cc(F)c(Br)cc2n1C1CNC(=O)C1. The molecule has 3 rings (SSSR count). The molecule has 1 aromatic carbocycles. The number of carbonyl (C=O) groups excluding carboxylic acids is 1. The van der Waals surface area contributed by atoms with Crippen molar-refractivity contribution in [2.24, 2.45) is 0 Å². The zero-order valence-corrected chi connectivity index (χ0v) is 10.9. The summed E-state index contributed by atoms with van der Waals surface area (Å²) in [5, 5.41) is 2.75. The summed E-state index contributed by atoms with van der Waals surface area (Å²) in [6.07, 6.45) is 0.366. The maximum absolute atomic E-state index is 13.4. The molecule has 0 bridgehead atoms. The van der Waals surface area contributed by atoms with Gasteiger partial charge in [0.2, 0.25) is 11.9 Å². The standard InChI is InChI=1S/C11H10BrFN4O/c12-6-2-9-8(3-7(6)13)16-11(14)17(9)5-1-10(18)15-4-5/h2-3,5H,1,4H2,(H2,14,16)(H,15,18). The summed E-state index contributed by atoms with van der Waals surface area (Å²) in [5.74, 6) is -0.0980. The fourth-order valence-corrected chi connectivity index (χ4v) is 2.60. The Hall–Kier alpha value is -1.63. The average Bonchev–Trinajstić information content (AvgIpc) is 2.83. The van der Waals surface area contributed by atoms with Gasteiger partial charge in [0.1, 0.15) is 5.82 Å². The Labute approximate surface area is 110 Å². The highest BCUT2D eigenvalue weighted by Gasteiger charge is 2.26. The van der Waals surface area contributed by atoms with Crippen molar-refractivity contribution < 1.29 is 9.18 Å². The number of rotatable bonds is 1. The van der Waals surface area contributed by atoms with Crippen molar-refractivity contribution in [3.05, 3.63) is 22.4 Å². The summed E-state index contributed by atoms with van der Waals surface area (Å²) in [6, 6.07) is 2.90. The second-order valence-electron chi connectivity index (χ2n) is 4.26. The van der Waals surface area contributed by atoms with E-state index in [1.165, 1.54) is 6.07 Å². The Morgan fingerprint density at radius 1 is 1.56 bits per heavy atom. The molecule has 2 heterocycles. The molecule has 1 atom stereocenters. The third-order valence-electron chi connectivity index (χ3n) is 3.08. The van der Waals surface area contributed by atoms with Crippen molar-refractivity contribution in [1.29, 1.82) is 0 Å². The Kier molecular flexibility index (Phi) is 2.51. The van der Waals surface area contributed by atoms with Crippen LogP contribution in [0.4, 0.5) is 10.3 Å². The number of nitrogens with zero attached hydrogens (tertiary/aromatic N) is 2. The molecule has 5 nitrogen and oxygen atoms in total. The van der Waals surface area contributed by atoms with Crippen molar-refractivity contribution in [2.75, 3.05) is 12.3 Å². The van der Waals surface area contributed by atoms with Crippen LogP contribution in [0.25, 0.3) is 11.0 Å². The van der Waals surface area contributed by atoms with E-state index >= 15 is 0 Å². The largest absolute Gasteiger partial charge is 0.369 e. The molecule has 0 spiro atoms. The van der Waals surface area contributed by atoms with E-state index in [9.17, 15) is 9.18 Å². The van der Waals surface area contributed by atoms with Crippen LogP contribution in [-0.4, -0.2) is 22.0 Å². The molecule has 1 unspecified atom stereocenters. The van der Waals surface area contributed by atoms with Crippen molar-refractivity contribution in [1.82, 2.24) is 14.9 Å². The van der Waals surface area contributed by atoms with Crippen molar-refractivity contribution in [3.8, 4) is 0 Å². The van der Waals surface area contributed by atoms with Crippen LogP contribution < -0.4 is 11.1 Å². The molecule has 1 aliphatic heterocycles. The summed E-state index contributed by atoms with van der Waals surface area (Å²) in [4.78, 5) is 15.4. The molecule has 94 valence electrons. The van der Waals surface area contributed by atoms with Gasteiger partial charge in [-0.1, -0.05) is 0 Å². The summed E-state index contributed by atoms with van der Waals surface area (Å²) in [7, 11) is 0. The molecule has 1 aliphatic rings. The molecule has 7 heteroatoms. The van der Waals surface area contributed by atoms with Gasteiger partial charge in [-0.3, -0.25) is 4.79 Å². The number of benzene rings is 1. The maximum Gasteiger partial charge on any atom is 0.222 e. The van der Waals surface area contributed by atoms with Gasteiger partial charge in [-0.25, -0.2) is 9.37 Å². The topological polar surface area (TPSA) is 72.9 Å². The lowest BCUT2D eigenvalue weighted by molar-refractivity contribution is -0.119. The van der Waals surface area contributed by atoms with Crippen molar-refractivity contribution in [2.45, 2.75) is 12.5 Å². The highest BCUT2D eigenvalue weighted by Crippen LogP contribution is 2.30. The highest BCUT2D eigenvalue weighted by atomic mass is 79.9. The van der Waals surface area contributed by atoms with E-state index in [0.717, 1.165) is 5.52 Å². The second-order valence-corrected chi connectivity index (χ2v) is 5.11. The molecular weight excluding hydrogens is 303 g/mol. The monoisotopic (exact) mass is 312 g/mol. The van der Waals surface area contributed by atoms with Crippen LogP contribution in [0.5, 0.6) is 0 Å². The van der Waals surface area contributed by atoms with Gasteiger partial charge in [-0.2, -0.15) is 0 Å². The molecule has 1 fully saturated rings. The summed E-state index contributed by atoms with van der Waals surface area (Å²) >= 11 is 3.14. The normalized spacial score (nSPS) is 19.4. The van der Waals surface area contributed by atoms with Crippen LogP contribution in [0.3, 0.4) is 0 Å². The number of fused-ring (bicyclic) bond motifs is 1. The predicted octanol–water partition coefficient (Wildman–Crippen LogP) is 1.58. The van der Waals surface area contributed by atoms with Gasteiger partial charge in [-0.15, -0.1) is 0 Å². The summed E-state index contributed by atoms with van der Waals surface area (Å²) in [5.41, 5.74) is 7.07. The minimum Gasteiger partial charge on any atom is -0.369 e. The minimum absolute atomic E-state index is 0.0116. The number of carbonyl (C=O) groups is 1. The first kappa shape index (κ1) is 11.5. The fourth-order valence-electron chi connectivity index (χ4n) is 2.27. The second kappa shape index (κ2) is 3.94. The number of amides is 1. The number of nitrogen functional groups attached to an aromatic ring is 1. The number of aromatic nitrogens is 2. The third kappa shape index (κ3) is 1.66. The number of anilines is 1. The first-order chi connectivity index (χ1) is 8.56. The van der Waals surface area contributed by atoms with Gasteiger partial charge in [0.05, 0.1) is 21.5 Å². The van der Waals surface area contributed by atoms with Gasteiger partial charge in [0.25, 0.3) is 0 Å². The Morgan fingerprint density at radius 2 is 2.33 bits per heavy atom. The Morgan fingerprint density at radius 3 is 3.00 bits per heavy atom. The molecule has 0 saturated carbocycles. The van der Waals surface area contributed by atoms with Crippen LogP contribution in [0.15, 0.2) is 16.6 Å². The van der Waals surface area contributed by atoms with E-state index in [1.807, 2.05) is 0 Å². The van der Waals surface area contributed by atoms with Crippen LogP contribution in [0.2, 0.25) is 0 Å². The number of hydrogen-bond acceptors (Lipinski definition) is 3. The lowest BCUT2D eigenvalue weighted by Gasteiger charge is -2.12. The fraction of sp³-hybridized carbons (Fsp3) is 0.273. The minimum atomic E-state index is -0.382. The number of imidazole rings is 1. The summed E-state index contributed by atoms with van der Waals surface area (Å²) in [6.45, 7) is 0.517. The highest BCUT2D eigenvalue weighted by molar-refractivity contribution is 9.10. The maximum atomic E-state index is 13.4. The van der Waals surface area contributed by atoms with E-state index in [2.05, 4.69) is 26.2 Å². The quantitative estimate of drug-likeness (QED) is 0.839. The van der Waals surface area contributed by atoms with E-state index < -0.39 is 0 Å². The average molecular weight is 313 g/mol. The summed E-state index contributed by atoms with van der Waals surface area (Å²) < 4.78 is 15.6. The van der Waals surface area contributed by atoms with E-state index in [4.69, 9.17) is 5.73 Å². The number of nitrogens with two attached hydrogens (primary N) is 1. The number of halogens is 2. The number of hydrogen-bond donors (Lipinski definition) is 2. The van der Waals surface area contributed by atoms with Gasteiger partial charge in [-0.05, 0) is 22.0 Å². The van der Waals surface area contributed by atoms with Crippen LogP contribution in [-0.2, 0) is 4.79 Å². The molecule has 18 heavy (non-hydrogen) atoms. The smallest absolute Gasteiger partial charge is 0.222 e. The Balaban J connectivity index is 2.19. The van der Waals surface area contributed by atoms with Gasteiger partial charge in [0.15, 0.2) is 0 Å². The van der Waals surface area contributed by atoms with Crippen molar-refractivity contribution in [3.63, 3.8) is 0 Å². The van der Waals surface area contributed by atoms with Crippen LogP contribution in [0, 0.1) is 5.82 Å². The molecule has 1 aromatic heterocycles. The van der Waals surface area contributed by atoms with E-state index in [0.29, 0.717) is 28.9 Å². The molecular formula is C11H10BrFN4O. The van der Waals surface area contributed by atoms with Gasteiger partial charge < -0.3 is 15.6 Å². The molecule has 0 aliphatic carbocycles.